The van der Waals surface area contributed by atoms with E-state index in [4.69, 9.17) is 14.2 Å². The predicted octanol–water partition coefficient (Wildman–Crippen LogP) is 3.13. The van der Waals surface area contributed by atoms with E-state index in [9.17, 15) is 4.79 Å². The first-order chi connectivity index (χ1) is 14.1. The molecule has 1 amide bonds. The van der Waals surface area contributed by atoms with Crippen molar-refractivity contribution in [3.8, 4) is 17.5 Å². The molecule has 0 aliphatic carbocycles. The molecule has 0 fully saturated rings. The van der Waals surface area contributed by atoms with Gasteiger partial charge in [-0.2, -0.15) is 9.97 Å². The van der Waals surface area contributed by atoms with E-state index in [1.165, 1.54) is 14.2 Å². The average molecular weight is 394 g/mol. The van der Waals surface area contributed by atoms with Gasteiger partial charge in [0.2, 0.25) is 11.8 Å². The van der Waals surface area contributed by atoms with Crippen LogP contribution >= 0.6 is 0 Å². The Bertz CT molecular complexity index is 944. The molecule has 29 heavy (non-hydrogen) atoms. The van der Waals surface area contributed by atoms with Gasteiger partial charge in [-0.1, -0.05) is 6.07 Å². The largest absolute Gasteiger partial charge is 0.486 e. The topological polar surface area (TPSA) is 86.7 Å². The van der Waals surface area contributed by atoms with Crippen molar-refractivity contribution in [2.24, 2.45) is 0 Å². The monoisotopic (exact) mass is 394 g/mol. The molecule has 0 N–H and O–H groups in total. The molecule has 150 valence electrons. The first kappa shape index (κ1) is 20.1. The summed E-state index contributed by atoms with van der Waals surface area (Å²) in [6, 6.07) is 12.2. The summed E-state index contributed by atoms with van der Waals surface area (Å²) in [7, 11) is 3.03. The van der Waals surface area contributed by atoms with Crippen LogP contribution in [0.25, 0.3) is 0 Å². The molecule has 0 aliphatic heterocycles. The van der Waals surface area contributed by atoms with Crippen LogP contribution in [0.5, 0.6) is 17.5 Å². The number of rotatable bonds is 8. The van der Waals surface area contributed by atoms with Gasteiger partial charge >= 0.3 is 0 Å². The van der Waals surface area contributed by atoms with Crippen molar-refractivity contribution in [1.82, 2.24) is 15.0 Å². The van der Waals surface area contributed by atoms with Gasteiger partial charge in [0.15, 0.2) is 5.82 Å². The zero-order valence-electron chi connectivity index (χ0n) is 16.5. The van der Waals surface area contributed by atoms with Crippen LogP contribution in [0.3, 0.4) is 0 Å². The molecule has 0 saturated heterocycles. The van der Waals surface area contributed by atoms with Crippen molar-refractivity contribution in [3.63, 3.8) is 0 Å². The fourth-order valence-corrected chi connectivity index (χ4v) is 2.70. The summed E-state index contributed by atoms with van der Waals surface area (Å²) in [4.78, 5) is 27.2. The highest BCUT2D eigenvalue weighted by Crippen LogP contribution is 2.21. The number of aromatic nitrogens is 3. The second-order valence-corrected chi connectivity index (χ2v) is 5.95. The van der Waals surface area contributed by atoms with E-state index >= 15 is 0 Å². The summed E-state index contributed by atoms with van der Waals surface area (Å²) in [5.74, 6) is 1.57. The van der Waals surface area contributed by atoms with Crippen LogP contribution in [0, 0.1) is 0 Å². The number of anilines is 1. The van der Waals surface area contributed by atoms with E-state index in [2.05, 4.69) is 15.0 Å². The van der Waals surface area contributed by atoms with Gasteiger partial charge in [0.1, 0.15) is 12.4 Å². The fourth-order valence-electron chi connectivity index (χ4n) is 2.70. The van der Waals surface area contributed by atoms with Crippen LogP contribution < -0.4 is 19.1 Å². The lowest BCUT2D eigenvalue weighted by Gasteiger charge is -2.20. The summed E-state index contributed by atoms with van der Waals surface area (Å²) in [5, 5.41) is 0. The van der Waals surface area contributed by atoms with E-state index < -0.39 is 0 Å². The molecule has 3 rings (SSSR count). The lowest BCUT2D eigenvalue weighted by molar-refractivity contribution is 0.0987. The molecule has 0 aliphatic rings. The van der Waals surface area contributed by atoms with Crippen molar-refractivity contribution in [3.05, 3.63) is 66.2 Å². The van der Waals surface area contributed by atoms with Gasteiger partial charge in [-0.15, -0.1) is 0 Å². The van der Waals surface area contributed by atoms with Crippen molar-refractivity contribution in [2.75, 3.05) is 25.7 Å². The van der Waals surface area contributed by atoms with Crippen LogP contribution in [0.1, 0.15) is 23.1 Å². The number of pyridine rings is 1. The quantitative estimate of drug-likeness (QED) is 0.580. The van der Waals surface area contributed by atoms with Crippen LogP contribution in [0.15, 0.2) is 54.9 Å². The molecule has 2 heterocycles. The number of carbonyl (C=O) groups excluding carboxylic acids is 1. The third-order valence-electron chi connectivity index (χ3n) is 4.11. The summed E-state index contributed by atoms with van der Waals surface area (Å²) < 4.78 is 16.1. The minimum atomic E-state index is -0.134. The van der Waals surface area contributed by atoms with Crippen molar-refractivity contribution < 1.29 is 19.0 Å². The number of hydrogen-bond acceptors (Lipinski definition) is 7. The molecule has 0 spiro atoms. The molecule has 2 aromatic heterocycles. The van der Waals surface area contributed by atoms with Crippen LogP contribution in [-0.2, 0) is 6.61 Å². The normalized spacial score (nSPS) is 10.3. The molecule has 1 aromatic carbocycles. The number of benzene rings is 1. The molecule has 0 saturated carbocycles. The van der Waals surface area contributed by atoms with Gasteiger partial charge in [-0.25, -0.2) is 0 Å². The van der Waals surface area contributed by atoms with E-state index in [1.54, 1.807) is 53.7 Å². The second-order valence-electron chi connectivity index (χ2n) is 5.95. The number of methoxy groups -OCH3 is 2. The summed E-state index contributed by atoms with van der Waals surface area (Å²) in [6.45, 7) is 2.54. The van der Waals surface area contributed by atoms with E-state index in [1.807, 2.05) is 13.0 Å². The maximum atomic E-state index is 13.0. The smallest absolute Gasteiger partial charge is 0.258 e. The lowest BCUT2D eigenvalue weighted by Crippen LogP contribution is -2.30. The van der Waals surface area contributed by atoms with Gasteiger partial charge in [-0.05, 0) is 37.3 Å². The minimum Gasteiger partial charge on any atom is -0.486 e. The third-order valence-corrected chi connectivity index (χ3v) is 4.11. The van der Waals surface area contributed by atoms with E-state index in [0.717, 1.165) is 5.69 Å². The lowest BCUT2D eigenvalue weighted by atomic mass is 10.1. The molecule has 0 bridgehead atoms. The summed E-state index contributed by atoms with van der Waals surface area (Å²) in [5.41, 5.74) is 1.25. The number of nitrogens with zero attached hydrogens (tertiary/aromatic N) is 4. The number of carbonyl (C=O) groups is 1. The third kappa shape index (κ3) is 4.98. The molecular weight excluding hydrogens is 372 g/mol. The van der Waals surface area contributed by atoms with E-state index in [-0.39, 0.29) is 12.5 Å². The fraction of sp³-hybridized carbons (Fsp3) is 0.238. The number of ether oxygens (including phenoxy) is 3. The average Bonchev–Trinajstić information content (AvgIpc) is 2.78. The zero-order chi connectivity index (χ0) is 20.6. The molecule has 8 heteroatoms. The highest BCUT2D eigenvalue weighted by atomic mass is 16.5. The Morgan fingerprint density at radius 3 is 2.41 bits per heavy atom. The maximum Gasteiger partial charge on any atom is 0.258 e. The first-order valence-electron chi connectivity index (χ1n) is 9.05. The van der Waals surface area contributed by atoms with Crippen LogP contribution in [0.4, 0.5) is 5.69 Å². The van der Waals surface area contributed by atoms with Gasteiger partial charge in [0.25, 0.3) is 5.91 Å². The molecule has 3 aromatic rings. The Balaban J connectivity index is 1.75. The molecule has 0 unspecified atom stereocenters. The van der Waals surface area contributed by atoms with Crippen molar-refractivity contribution in [1.29, 1.82) is 0 Å². The van der Waals surface area contributed by atoms with Crippen LogP contribution in [-0.4, -0.2) is 41.6 Å². The van der Waals surface area contributed by atoms with Crippen molar-refractivity contribution in [2.45, 2.75) is 13.5 Å². The first-order valence-corrected chi connectivity index (χ1v) is 9.05. The number of amides is 1. The predicted molar refractivity (Wildman–Crippen MR) is 107 cm³/mol. The molecular formula is C21H22N4O4. The molecule has 0 atom stereocenters. The Kier molecular flexibility index (Phi) is 6.57. The zero-order valence-corrected chi connectivity index (χ0v) is 16.5. The van der Waals surface area contributed by atoms with Gasteiger partial charge in [-0.3, -0.25) is 9.78 Å². The highest BCUT2D eigenvalue weighted by Gasteiger charge is 2.17. The SMILES string of the molecule is CCN(C(=O)c1cccc(OCc2nc(OC)cc(OC)n2)c1)c1cccnc1. The Morgan fingerprint density at radius 2 is 1.79 bits per heavy atom. The Labute approximate surface area is 169 Å². The highest BCUT2D eigenvalue weighted by molar-refractivity contribution is 6.06. The Morgan fingerprint density at radius 1 is 1.03 bits per heavy atom. The maximum absolute atomic E-state index is 13.0. The minimum absolute atomic E-state index is 0.102. The summed E-state index contributed by atoms with van der Waals surface area (Å²) >= 11 is 0. The van der Waals surface area contributed by atoms with Crippen LogP contribution in [0.2, 0.25) is 0 Å². The molecule has 0 radical (unpaired) electrons. The van der Waals surface area contributed by atoms with Gasteiger partial charge in [0.05, 0.1) is 32.2 Å². The number of hydrogen-bond donors (Lipinski definition) is 0. The Hall–Kier alpha value is -3.68. The van der Waals surface area contributed by atoms with Crippen molar-refractivity contribution >= 4 is 11.6 Å². The van der Waals surface area contributed by atoms with Gasteiger partial charge in [0, 0.05) is 18.3 Å². The molecule has 8 nitrogen and oxygen atoms in total. The second kappa shape index (κ2) is 9.50. The van der Waals surface area contributed by atoms with E-state index in [0.29, 0.717) is 35.4 Å². The standard InChI is InChI=1S/C21H22N4O4/c1-4-25(16-8-6-10-22-13-16)21(26)15-7-5-9-17(11-15)29-14-18-23-19(27-2)12-20(24-18)28-3/h5-13H,4,14H2,1-3H3. The van der Waals surface area contributed by atoms with Gasteiger partial charge < -0.3 is 19.1 Å². The summed E-state index contributed by atoms with van der Waals surface area (Å²) in [6.07, 6.45) is 3.33.